The van der Waals surface area contributed by atoms with Crippen LogP contribution in [0.2, 0.25) is 54.4 Å². The Morgan fingerprint density at radius 1 is 0.776 bits per heavy atom. The van der Waals surface area contributed by atoms with Crippen molar-refractivity contribution in [3.05, 3.63) is 35.4 Å². The molecule has 0 spiro atoms. The van der Waals surface area contributed by atoms with Gasteiger partial charge in [-0.15, -0.1) is 6.58 Å². The van der Waals surface area contributed by atoms with Gasteiger partial charge in [0.15, 0.2) is 8.32 Å². The van der Waals surface area contributed by atoms with E-state index in [1.54, 1.807) is 0 Å². The largest absolute Gasteiger partial charge is 0.543 e. The van der Waals surface area contributed by atoms with E-state index >= 15 is 0 Å². The van der Waals surface area contributed by atoms with E-state index in [4.69, 9.17) is 13.3 Å². The predicted molar refractivity (Wildman–Crippen MR) is 220 cm³/mol. The van der Waals surface area contributed by atoms with E-state index < -0.39 is 36.5 Å². The molecule has 1 N–H and O–H groups in total. The van der Waals surface area contributed by atoms with E-state index in [1.165, 1.54) is 0 Å². The standard InChI is InChI=1S/C41H78O5Si3/c1-23-24-28(2)41(15,16)37(43)26-33(42)31(5)34(44-47(17,18)38(6,7)8)25-32-29(3)35(45-48(19,20)39(9,10)11)27-36(30(32)4)46-49(21,22)40(12,13)14/h23,27-28,31,33-34,42H,1,24-26H2,2-22H3/t28-,31-,33+,34-/m1/s1. The van der Waals surface area contributed by atoms with Crippen LogP contribution in [-0.4, -0.2) is 48.0 Å². The summed E-state index contributed by atoms with van der Waals surface area (Å²) < 4.78 is 21.3. The quantitative estimate of drug-likeness (QED) is 0.135. The highest BCUT2D eigenvalue weighted by Crippen LogP contribution is 2.45. The number of Topliss-reactive ketones (excluding diaryl/α,β-unsaturated/α-hetero) is 1. The fourth-order valence-electron chi connectivity index (χ4n) is 5.09. The van der Waals surface area contributed by atoms with Gasteiger partial charge in [-0.1, -0.05) is 96.1 Å². The monoisotopic (exact) mass is 735 g/mol. The van der Waals surface area contributed by atoms with Gasteiger partial charge in [0.2, 0.25) is 16.6 Å². The molecule has 4 atom stereocenters. The molecule has 0 aliphatic carbocycles. The maximum absolute atomic E-state index is 13.7. The highest BCUT2D eigenvalue weighted by Gasteiger charge is 2.44. The summed E-state index contributed by atoms with van der Waals surface area (Å²) in [5.74, 6) is 1.70. The summed E-state index contributed by atoms with van der Waals surface area (Å²) in [5.41, 5.74) is 2.79. The van der Waals surface area contributed by atoms with Gasteiger partial charge >= 0.3 is 0 Å². The summed E-state index contributed by atoms with van der Waals surface area (Å²) in [6.07, 6.45) is 2.17. The molecule has 0 amide bonds. The number of carbonyl (C=O) groups is 1. The number of aliphatic hydroxyl groups excluding tert-OH is 1. The maximum Gasteiger partial charge on any atom is 0.250 e. The predicted octanol–water partition coefficient (Wildman–Crippen LogP) is 12.2. The van der Waals surface area contributed by atoms with E-state index in [-0.39, 0.29) is 45.3 Å². The molecule has 284 valence electrons. The lowest BCUT2D eigenvalue weighted by molar-refractivity contribution is -0.132. The fraction of sp³-hybridized carbons (Fsp3) is 0.780. The Morgan fingerprint density at radius 2 is 1.16 bits per heavy atom. The Bertz CT molecular complexity index is 1240. The highest BCUT2D eigenvalue weighted by atomic mass is 28.4. The summed E-state index contributed by atoms with van der Waals surface area (Å²) in [6, 6.07) is 2.14. The number of aliphatic hydroxyl groups is 1. The van der Waals surface area contributed by atoms with Crippen LogP contribution < -0.4 is 8.85 Å². The van der Waals surface area contributed by atoms with Crippen molar-refractivity contribution in [1.82, 2.24) is 0 Å². The van der Waals surface area contributed by atoms with Crippen LogP contribution in [0.25, 0.3) is 0 Å². The van der Waals surface area contributed by atoms with E-state index in [0.717, 1.165) is 34.6 Å². The molecule has 0 bridgehead atoms. The van der Waals surface area contributed by atoms with E-state index in [9.17, 15) is 9.90 Å². The number of hydrogen-bond donors (Lipinski definition) is 1. The molecule has 0 radical (unpaired) electrons. The third kappa shape index (κ3) is 11.1. The minimum Gasteiger partial charge on any atom is -0.543 e. The molecule has 0 aliphatic rings. The summed E-state index contributed by atoms with van der Waals surface area (Å²) in [7, 11) is -6.64. The molecule has 0 fully saturated rings. The van der Waals surface area contributed by atoms with Crippen molar-refractivity contribution in [3.63, 3.8) is 0 Å². The Hall–Kier alpha value is -1.20. The number of hydrogen-bond acceptors (Lipinski definition) is 5. The van der Waals surface area contributed by atoms with Gasteiger partial charge in [0, 0.05) is 23.8 Å². The first kappa shape index (κ1) is 45.8. The van der Waals surface area contributed by atoms with E-state index in [2.05, 4.69) is 142 Å². The molecule has 0 unspecified atom stereocenters. The SMILES string of the molecule is C=CC[C@@H](C)C(C)(C)C(=O)C[C@H](O)[C@@H](C)[C@@H](Cc1c(C)c(O[Si](C)(C)C(C)(C)C)cc(O[Si](C)(C)C(C)(C)C)c1C)O[Si](C)(C)C(C)(C)C. The number of carbonyl (C=O) groups excluding carboxylic acids is 1. The second-order valence-electron chi connectivity index (χ2n) is 20.1. The molecule has 1 aromatic rings. The van der Waals surface area contributed by atoms with Crippen LogP contribution in [0.3, 0.4) is 0 Å². The highest BCUT2D eigenvalue weighted by molar-refractivity contribution is 6.75. The van der Waals surface area contributed by atoms with Gasteiger partial charge < -0.3 is 18.4 Å². The molecule has 0 aliphatic heterocycles. The Balaban J connectivity index is 3.91. The smallest absolute Gasteiger partial charge is 0.250 e. The Morgan fingerprint density at radius 3 is 1.51 bits per heavy atom. The van der Waals surface area contributed by atoms with Gasteiger partial charge in [-0.3, -0.25) is 4.79 Å². The fourth-order valence-corrected chi connectivity index (χ4v) is 8.63. The van der Waals surface area contributed by atoms with Crippen LogP contribution in [0.1, 0.15) is 120 Å². The topological polar surface area (TPSA) is 65.0 Å². The van der Waals surface area contributed by atoms with Gasteiger partial charge in [-0.05, 0) is 104 Å². The maximum atomic E-state index is 13.7. The first-order valence-corrected chi connectivity index (χ1v) is 27.4. The van der Waals surface area contributed by atoms with Crippen LogP contribution >= 0.6 is 0 Å². The van der Waals surface area contributed by atoms with Crippen molar-refractivity contribution in [3.8, 4) is 11.5 Å². The average molecular weight is 735 g/mol. The van der Waals surface area contributed by atoms with E-state index in [0.29, 0.717) is 6.42 Å². The van der Waals surface area contributed by atoms with Crippen molar-refractivity contribution in [2.75, 3.05) is 0 Å². The van der Waals surface area contributed by atoms with Crippen LogP contribution in [0.5, 0.6) is 11.5 Å². The molecule has 0 saturated carbocycles. The van der Waals surface area contributed by atoms with Gasteiger partial charge in [-0.2, -0.15) is 0 Å². The first-order chi connectivity index (χ1) is 21.6. The van der Waals surface area contributed by atoms with Gasteiger partial charge in [0.25, 0.3) is 0 Å². The molecule has 1 aromatic carbocycles. The molecular weight excluding hydrogens is 657 g/mol. The number of allylic oxidation sites excluding steroid dienone is 1. The minimum absolute atomic E-state index is 0.0260. The van der Waals surface area contributed by atoms with Crippen LogP contribution in [0.4, 0.5) is 0 Å². The third-order valence-electron chi connectivity index (χ3n) is 13.0. The summed E-state index contributed by atoms with van der Waals surface area (Å²) in [5, 5.41) is 11.8. The molecule has 0 heterocycles. The van der Waals surface area contributed by atoms with Crippen molar-refractivity contribution < 1.29 is 23.2 Å². The van der Waals surface area contributed by atoms with Crippen molar-refractivity contribution in [2.24, 2.45) is 17.3 Å². The van der Waals surface area contributed by atoms with Crippen LogP contribution in [0.15, 0.2) is 18.7 Å². The lowest BCUT2D eigenvalue weighted by Crippen LogP contribution is -2.48. The average Bonchev–Trinajstić information content (AvgIpc) is 2.90. The minimum atomic E-state index is -2.28. The molecule has 8 heteroatoms. The molecule has 1 rings (SSSR count). The molecule has 0 saturated heterocycles. The Labute approximate surface area is 306 Å². The lowest BCUT2D eigenvalue weighted by atomic mass is 9.72. The van der Waals surface area contributed by atoms with Crippen LogP contribution in [-0.2, 0) is 15.6 Å². The summed E-state index contributed by atoms with van der Waals surface area (Å²) in [6.45, 7) is 50.4. The number of rotatable bonds is 16. The zero-order chi connectivity index (χ0) is 38.9. The van der Waals surface area contributed by atoms with Crippen molar-refractivity contribution in [2.45, 2.75) is 190 Å². The van der Waals surface area contributed by atoms with Gasteiger partial charge in [0.05, 0.1) is 12.2 Å². The second-order valence-corrected chi connectivity index (χ2v) is 34.4. The molecule has 49 heavy (non-hydrogen) atoms. The zero-order valence-corrected chi connectivity index (χ0v) is 38.9. The molecule has 0 aromatic heterocycles. The number of benzene rings is 1. The van der Waals surface area contributed by atoms with Crippen LogP contribution in [0, 0.1) is 31.1 Å². The molecule has 5 nitrogen and oxygen atoms in total. The molecular formula is C41H78O5Si3. The first-order valence-electron chi connectivity index (χ1n) is 18.7. The second kappa shape index (κ2) is 15.8. The van der Waals surface area contributed by atoms with Crippen molar-refractivity contribution >= 4 is 30.7 Å². The lowest BCUT2D eigenvalue weighted by Gasteiger charge is -2.43. The van der Waals surface area contributed by atoms with Crippen molar-refractivity contribution in [1.29, 1.82) is 0 Å². The summed E-state index contributed by atoms with van der Waals surface area (Å²) >= 11 is 0. The zero-order valence-electron chi connectivity index (χ0n) is 35.9. The van der Waals surface area contributed by atoms with Gasteiger partial charge in [0.1, 0.15) is 17.3 Å². The van der Waals surface area contributed by atoms with Gasteiger partial charge in [-0.25, -0.2) is 0 Å². The number of ketones is 1. The summed E-state index contributed by atoms with van der Waals surface area (Å²) in [4.78, 5) is 13.7. The third-order valence-corrected chi connectivity index (χ3v) is 26.2. The van der Waals surface area contributed by atoms with E-state index in [1.807, 2.05) is 19.9 Å². The normalized spacial score (nSPS) is 16.5. The Kier molecular flexibility index (Phi) is 14.8.